The van der Waals surface area contributed by atoms with Gasteiger partial charge in [-0.3, -0.25) is 4.79 Å². The van der Waals surface area contributed by atoms with Gasteiger partial charge in [0.05, 0.1) is 74.1 Å². The molecule has 2 spiro atoms. The van der Waals surface area contributed by atoms with Crippen LogP contribution < -0.4 is 20.9 Å². The number of anilines is 4. The normalized spacial score (nSPS) is 20.3. The third-order valence-corrected chi connectivity index (χ3v) is 19.0. The maximum absolute atomic E-state index is 13.4. The number of aliphatic hydroxyl groups is 2. The summed E-state index contributed by atoms with van der Waals surface area (Å²) in [6.45, 7) is 15.1. The number of carboxylic acids is 1. The number of nitrogens with zero attached hydrogens (tertiary/aromatic N) is 6. The number of carbonyl (C=O) groups is 2. The zero-order chi connectivity index (χ0) is 56.4. The number of aromatic carboxylic acids is 1. The highest BCUT2D eigenvalue weighted by Gasteiger charge is 2.46. The number of hydrogen-bond acceptors (Lipinski definition) is 17. The van der Waals surface area contributed by atoms with Crippen LogP contribution in [0.4, 0.5) is 23.0 Å². The van der Waals surface area contributed by atoms with Crippen molar-refractivity contribution in [1.82, 2.24) is 19.9 Å². The minimum Gasteiger partial charge on any atom is -0.478 e. The Morgan fingerprint density at radius 1 is 0.693 bits per heavy atom. The van der Waals surface area contributed by atoms with Gasteiger partial charge in [0, 0.05) is 49.4 Å². The average molecular weight is 1100 g/mol. The van der Waals surface area contributed by atoms with E-state index in [1.807, 2.05) is 18.7 Å². The lowest BCUT2D eigenvalue weighted by Crippen LogP contribution is -2.45. The Balaban J connectivity index is 0.000000203. The molecule has 0 bridgehead atoms. The second kappa shape index (κ2) is 22.2. The van der Waals surface area contributed by atoms with Crippen LogP contribution in [0.25, 0.3) is 0 Å². The minimum atomic E-state index is -3.56. The van der Waals surface area contributed by atoms with Crippen molar-refractivity contribution in [3.63, 3.8) is 0 Å². The van der Waals surface area contributed by atoms with Gasteiger partial charge in [0.25, 0.3) is 5.91 Å². The molecule has 2 aliphatic carbocycles. The van der Waals surface area contributed by atoms with Crippen LogP contribution in [-0.2, 0) is 40.4 Å². The fourth-order valence-corrected chi connectivity index (χ4v) is 13.5. The summed E-state index contributed by atoms with van der Waals surface area (Å²) in [7, 11) is -8.92. The van der Waals surface area contributed by atoms with Crippen LogP contribution in [0.1, 0.15) is 133 Å². The number of carboxylic acid groups (broad SMARTS) is 1. The lowest BCUT2D eigenvalue weighted by molar-refractivity contribution is -0.0870. The zero-order valence-corrected chi connectivity index (χ0v) is 45.7. The summed E-state index contributed by atoms with van der Waals surface area (Å²) in [4.78, 5) is 45.7. The van der Waals surface area contributed by atoms with E-state index in [1.165, 1.54) is 56.3 Å². The summed E-state index contributed by atoms with van der Waals surface area (Å²) < 4.78 is 80.6. The van der Waals surface area contributed by atoms with Gasteiger partial charge in [-0.05, 0) is 138 Å². The summed E-state index contributed by atoms with van der Waals surface area (Å²) in [5, 5.41) is 32.0. The lowest BCUT2D eigenvalue weighted by atomic mass is 9.92. The number of amides is 1. The van der Waals surface area contributed by atoms with Crippen molar-refractivity contribution in [2.24, 2.45) is 21.7 Å². The van der Waals surface area contributed by atoms with Crippen LogP contribution >= 0.6 is 9.73 Å². The highest BCUT2D eigenvalue weighted by molar-refractivity contribution is 7.91. The number of nitrogens with one attached hydrogen (secondary N) is 1. The number of carbonyl (C=O) groups excluding carboxylic acids is 1. The number of hydrogen-bond donors (Lipinski definition) is 5. The molecule has 0 radical (unpaired) electrons. The molecule has 22 heteroatoms. The number of nitrogen functional groups attached to an aromatic ring is 1. The van der Waals surface area contributed by atoms with E-state index in [-0.39, 0.29) is 62.7 Å². The van der Waals surface area contributed by atoms with E-state index >= 15 is 0 Å². The van der Waals surface area contributed by atoms with E-state index in [1.54, 1.807) is 58.0 Å². The first-order valence-corrected chi connectivity index (χ1v) is 28.2. The van der Waals surface area contributed by atoms with Gasteiger partial charge >= 0.3 is 5.97 Å². The van der Waals surface area contributed by atoms with E-state index in [0.29, 0.717) is 65.8 Å². The quantitative estimate of drug-likeness (QED) is 0.0871. The van der Waals surface area contributed by atoms with E-state index in [0.717, 1.165) is 51.9 Å². The average Bonchev–Trinajstić information content (AvgIpc) is 4.28. The molecular formula is C53H77N8O11PS2. The van der Waals surface area contributed by atoms with Crippen molar-refractivity contribution in [1.29, 1.82) is 3.84 Å². The third kappa shape index (κ3) is 14.4. The van der Waals surface area contributed by atoms with Gasteiger partial charge in [0.1, 0.15) is 22.8 Å². The van der Waals surface area contributed by atoms with Crippen LogP contribution in [0.3, 0.4) is 0 Å². The van der Waals surface area contributed by atoms with Gasteiger partial charge in [0.15, 0.2) is 31.3 Å². The largest absolute Gasteiger partial charge is 0.478 e. The highest BCUT2D eigenvalue weighted by Crippen LogP contribution is 2.55. The van der Waals surface area contributed by atoms with Crippen molar-refractivity contribution in [3.05, 3.63) is 83.7 Å². The third-order valence-electron chi connectivity index (χ3n) is 14.9. The molecule has 412 valence electrons. The molecule has 2 aromatic heterocycles. The van der Waals surface area contributed by atoms with Crippen LogP contribution in [0.2, 0.25) is 0 Å². The number of ether oxygens (including phenoxy) is 2. The molecule has 10 rings (SSSR count). The molecule has 6 N–H and O–H groups in total. The van der Waals surface area contributed by atoms with Crippen molar-refractivity contribution < 1.29 is 51.2 Å². The molecule has 19 nitrogen and oxygen atoms in total. The van der Waals surface area contributed by atoms with Gasteiger partial charge < -0.3 is 45.6 Å². The molecular weight excluding hydrogens is 1020 g/mol. The number of sulfone groups is 2. The smallest absolute Gasteiger partial charge is 0.337 e. The van der Waals surface area contributed by atoms with Crippen LogP contribution in [-0.4, -0.2) is 132 Å². The number of aromatic nitrogens is 4. The summed E-state index contributed by atoms with van der Waals surface area (Å²) in [5.74, 6) is -0.196. The fraction of sp³-hybridized carbons (Fsp3) is 0.585. The summed E-state index contributed by atoms with van der Waals surface area (Å²) >= 11 is 0. The first kappa shape index (κ1) is 54.9. The van der Waals surface area contributed by atoms with Crippen LogP contribution in [0.15, 0.2) is 70.7 Å². The first-order valence-electron chi connectivity index (χ1n) is 26.3. The Labute approximate surface area is 449 Å². The SMILES string of the molecule is C.CC(C)(O)c1nccc(N)n1.CC1(CS(=O)(=O)c2ccc(C(=O)Nc3ccnc(C(C)(C)O)n3)c(N3CCC4(CC3)CC4)c2)COC1.CC1(CS(=O)(=O)c2ccc(C(=O)O)c(N3CCC4(CC3)CC4)c2)COC1.[3H]P([3H])[3H]. The summed E-state index contributed by atoms with van der Waals surface area (Å²) in [6.07, 6.45) is 12.2. The molecule has 4 saturated heterocycles. The molecule has 6 heterocycles. The number of benzene rings is 2. The van der Waals surface area contributed by atoms with Crippen molar-refractivity contribution in [2.75, 3.05) is 85.0 Å². The number of rotatable bonds is 13. The second-order valence-electron chi connectivity index (χ2n) is 22.9. The van der Waals surface area contributed by atoms with Gasteiger partial charge in [-0.15, -0.1) is 0 Å². The van der Waals surface area contributed by atoms with E-state index in [4.69, 9.17) is 19.0 Å². The molecule has 6 aliphatic rings. The topological polar surface area (TPSA) is 278 Å². The summed E-state index contributed by atoms with van der Waals surface area (Å²) in [5.41, 5.74) is 5.02. The van der Waals surface area contributed by atoms with E-state index < -0.39 is 46.6 Å². The van der Waals surface area contributed by atoms with E-state index in [9.17, 15) is 41.7 Å². The monoisotopic (exact) mass is 1100 g/mol. The standard InChI is InChI=1S/C26H34N4O5S.C19H25NO5S.C7H11N3O.CH4.H3P/c1-24(2,32)23-27-11-6-21(29-23)28-22(31)19-5-4-18(36(33,34)17-25(3)15-35-16-25)14-20(19)30-12-9-26(7-8-26)10-13-30;1-18(11-25-12-18)13-26(23,24)14-2-3-15(17(21)22)16(10-14)20-8-6-19(4-5-19)7-9-20;1-7(2,11)6-9-4-3-5(8)10-6;;/h4-6,11,14,32H,7-10,12-13,15-17H2,1-3H3,(H,27,28,29,31);2-3,10H,4-9,11-13H2,1H3,(H,21,22);3-4,11H,1-2H3,(H2,8,9,10);1H4;1H3/i;;;;1T3. The van der Waals surface area contributed by atoms with Gasteiger partial charge in [-0.1, -0.05) is 21.3 Å². The Kier molecular flexibility index (Phi) is 16.3. The van der Waals surface area contributed by atoms with Crippen molar-refractivity contribution in [2.45, 2.75) is 121 Å². The Morgan fingerprint density at radius 3 is 1.45 bits per heavy atom. The Hall–Kier alpha value is -4.89. The molecule has 2 aromatic carbocycles. The number of nitrogens with two attached hydrogens (primary N) is 1. The Bertz CT molecular complexity index is 3000. The van der Waals surface area contributed by atoms with E-state index in [2.05, 4.69) is 30.2 Å². The molecule has 1 amide bonds. The molecule has 0 unspecified atom stereocenters. The second-order valence-corrected chi connectivity index (χ2v) is 26.9. The predicted octanol–water partition coefficient (Wildman–Crippen LogP) is 6.70. The molecule has 4 aromatic rings. The number of piperidine rings is 2. The first-order chi connectivity index (χ1) is 35.8. The van der Waals surface area contributed by atoms with Gasteiger partial charge in [-0.2, -0.15) is 9.73 Å². The van der Waals surface area contributed by atoms with Crippen molar-refractivity contribution in [3.8, 4) is 0 Å². The molecule has 6 fully saturated rings. The summed E-state index contributed by atoms with van der Waals surface area (Å²) in [6, 6.07) is 12.3. The van der Waals surface area contributed by atoms with Crippen molar-refractivity contribution >= 4 is 64.3 Å². The molecule has 4 aliphatic heterocycles. The van der Waals surface area contributed by atoms with Gasteiger partial charge in [0.2, 0.25) is 0 Å². The lowest BCUT2D eigenvalue weighted by Gasteiger charge is -2.38. The Morgan fingerprint density at radius 2 is 1.09 bits per heavy atom. The van der Waals surface area contributed by atoms with Crippen LogP contribution in [0.5, 0.6) is 0 Å². The van der Waals surface area contributed by atoms with Gasteiger partial charge in [-0.25, -0.2) is 41.6 Å². The van der Waals surface area contributed by atoms with Crippen LogP contribution in [0, 0.1) is 21.7 Å². The highest BCUT2D eigenvalue weighted by atomic mass is 32.2. The fourth-order valence-electron chi connectivity index (χ4n) is 9.83. The predicted molar refractivity (Wildman–Crippen MR) is 293 cm³/mol. The molecule has 0 atom stereocenters. The maximum Gasteiger partial charge on any atom is 0.337 e. The molecule has 75 heavy (non-hydrogen) atoms. The maximum atomic E-state index is 13.4. The minimum absolute atomic E-state index is 0. The zero-order valence-electron chi connectivity index (χ0n) is 46.1. The molecule has 2 saturated carbocycles.